The molecule has 0 saturated carbocycles. The van der Waals surface area contributed by atoms with E-state index in [9.17, 15) is 20.6 Å². The van der Waals surface area contributed by atoms with Gasteiger partial charge in [-0.2, -0.15) is 42.1 Å². The van der Waals surface area contributed by atoms with Crippen molar-refractivity contribution in [2.45, 2.75) is 36.5 Å². The first kappa shape index (κ1) is 55.9. The molecule has 0 unspecified atom stereocenters. The Hall–Kier alpha value is -9.87. The summed E-state index contributed by atoms with van der Waals surface area (Å²) in [5.41, 5.74) is -2.28. The monoisotopic (exact) mass is 1110 g/mol. The van der Waals surface area contributed by atoms with E-state index in [0.29, 0.717) is 80.7 Å². The van der Waals surface area contributed by atoms with Gasteiger partial charge in [0.05, 0.1) is 17.6 Å². The third-order valence-corrected chi connectivity index (χ3v) is 13.6. The Morgan fingerprint density at radius 2 is 0.889 bits per heavy atom. The zero-order valence-electron chi connectivity index (χ0n) is 42.3. The average molecular weight is 1110 g/mol. The Bertz CT molecular complexity index is 3910. The van der Waals surface area contributed by atoms with Crippen LogP contribution in [-0.2, 0) is 14.8 Å². The molecule has 0 aliphatic carbocycles. The molecule has 0 atom stereocenters. The van der Waals surface area contributed by atoms with Gasteiger partial charge >= 0.3 is 12.4 Å². The van der Waals surface area contributed by atoms with Crippen LogP contribution in [0.5, 0.6) is 46.0 Å². The van der Waals surface area contributed by atoms with Gasteiger partial charge in [-0.25, -0.2) is 5.26 Å². The number of halogens is 6. The Kier molecular flexibility index (Phi) is 16.3. The Balaban J connectivity index is 0.917. The van der Waals surface area contributed by atoms with E-state index in [-0.39, 0.29) is 56.8 Å². The van der Waals surface area contributed by atoms with Crippen molar-refractivity contribution in [3.63, 3.8) is 0 Å². The molecule has 9 aromatic rings. The smallest absolute Gasteiger partial charge is 0.411 e. The molecule has 0 heterocycles. The molecule has 0 spiro atoms. The van der Waals surface area contributed by atoms with Crippen molar-refractivity contribution in [2.75, 3.05) is 0 Å². The minimum Gasteiger partial charge on any atom is -0.456 e. The number of ether oxygens (including phenoxy) is 4. The lowest BCUT2D eigenvalue weighted by Crippen LogP contribution is -2.54. The third-order valence-electron chi connectivity index (χ3n) is 13.0. The number of ketones is 1. The van der Waals surface area contributed by atoms with Gasteiger partial charge in [-0.05, 0) is 144 Å². The van der Waals surface area contributed by atoms with Gasteiger partial charge in [-0.3, -0.25) is 4.79 Å². The molecule has 1 N–H and O–H groups in total. The highest BCUT2D eigenvalue weighted by Crippen LogP contribution is 2.57. The second-order valence-electron chi connectivity index (χ2n) is 18.0. The summed E-state index contributed by atoms with van der Waals surface area (Å²) in [5.74, 6) is 0.440. The van der Waals surface area contributed by atoms with Crippen LogP contribution in [0.25, 0.3) is 22.3 Å². The van der Waals surface area contributed by atoms with Crippen molar-refractivity contribution < 1.29 is 64.7 Å². The molecule has 9 aromatic carbocycles. The van der Waals surface area contributed by atoms with Gasteiger partial charge in [0.1, 0.15) is 75.3 Å². The summed E-state index contributed by atoms with van der Waals surface area (Å²) in [6, 6.07) is 52.2. The van der Waals surface area contributed by atoms with Crippen molar-refractivity contribution in [1.29, 1.82) is 15.8 Å². The standard InChI is InChI=1S/C63H39F6N3O8S/c1-38-7-3-11-56(53(38)35-70)75-46-25-17-40(18-26-46)41-19-27-47(28-20-41)77-58-13-6-14-59(55(58)37-72)78-49-31-23-45(24-32-49)61(62(64,65)66,63(67,68)69)44-21-29-48(30-22-44)76-57-12-5-10-51(54(57)36-71)42-16-15-39(2)52(34-42)60(73)43-8-4-9-50(33-43)81-80-79-74/h3-34,74H,1-2H3. The molecule has 0 saturated heterocycles. The largest absolute Gasteiger partial charge is 0.456 e. The van der Waals surface area contributed by atoms with Gasteiger partial charge in [-0.1, -0.05) is 108 Å². The summed E-state index contributed by atoms with van der Waals surface area (Å²) in [6.45, 7) is 3.54. The number of aryl methyl sites for hydroxylation is 2. The average Bonchev–Trinajstić information content (AvgIpc) is 3.60. The van der Waals surface area contributed by atoms with Crippen LogP contribution < -0.4 is 18.9 Å². The Morgan fingerprint density at radius 1 is 0.469 bits per heavy atom. The van der Waals surface area contributed by atoms with Crippen LogP contribution >= 0.6 is 12.0 Å². The molecular formula is C63H39F6N3O8S. The molecule has 11 nitrogen and oxygen atoms in total. The minimum absolute atomic E-state index is 0.0414. The molecule has 0 aliphatic rings. The summed E-state index contributed by atoms with van der Waals surface area (Å²) in [7, 11) is 0. The zero-order valence-corrected chi connectivity index (χ0v) is 43.1. The van der Waals surface area contributed by atoms with E-state index >= 15 is 26.3 Å². The van der Waals surface area contributed by atoms with Crippen molar-refractivity contribution in [3.8, 4) is 86.5 Å². The zero-order chi connectivity index (χ0) is 57.5. The molecular weight excluding hydrogens is 1070 g/mol. The highest BCUT2D eigenvalue weighted by Gasteiger charge is 2.72. The lowest BCUT2D eigenvalue weighted by molar-refractivity contribution is -0.432. The number of nitriles is 3. The maximum absolute atomic E-state index is 15.3. The summed E-state index contributed by atoms with van der Waals surface area (Å²) in [4.78, 5) is 14.2. The van der Waals surface area contributed by atoms with E-state index in [1.807, 2.05) is 31.2 Å². The maximum Gasteiger partial charge on any atom is 0.411 e. The second kappa shape index (κ2) is 23.6. The van der Waals surface area contributed by atoms with Crippen LogP contribution in [0.2, 0.25) is 0 Å². The van der Waals surface area contributed by atoms with Crippen molar-refractivity contribution in [3.05, 3.63) is 244 Å². The van der Waals surface area contributed by atoms with E-state index in [0.717, 1.165) is 41.0 Å². The van der Waals surface area contributed by atoms with Gasteiger partial charge < -0.3 is 18.9 Å². The molecule has 0 aromatic heterocycles. The predicted molar refractivity (Wildman–Crippen MR) is 287 cm³/mol. The van der Waals surface area contributed by atoms with Crippen molar-refractivity contribution >= 4 is 17.8 Å². The number of hydrogen-bond acceptors (Lipinski definition) is 12. The number of carbonyl (C=O) groups excluding carboxylic acids is 1. The fourth-order valence-corrected chi connectivity index (χ4v) is 9.45. The van der Waals surface area contributed by atoms with Gasteiger partial charge in [-0.15, -0.1) is 4.33 Å². The van der Waals surface area contributed by atoms with Gasteiger partial charge in [0.25, 0.3) is 0 Å². The molecule has 0 bridgehead atoms. The van der Waals surface area contributed by atoms with Crippen LogP contribution in [0, 0.1) is 47.8 Å². The molecule has 18 heteroatoms. The minimum atomic E-state index is -5.94. The quantitative estimate of drug-likeness (QED) is 0.0302. The van der Waals surface area contributed by atoms with Crippen LogP contribution in [0.15, 0.2) is 199 Å². The number of alkyl halides is 6. The molecule has 9 rings (SSSR count). The number of hydrogen-bond donors (Lipinski definition) is 1. The first-order valence-corrected chi connectivity index (χ1v) is 24.9. The second-order valence-corrected chi connectivity index (χ2v) is 18.7. The van der Waals surface area contributed by atoms with E-state index < -0.39 is 28.9 Å². The van der Waals surface area contributed by atoms with Crippen LogP contribution in [0.1, 0.15) is 54.9 Å². The number of benzene rings is 9. The number of rotatable bonds is 17. The fraction of sp³-hybridized carbons (Fsp3) is 0.0794. The first-order chi connectivity index (χ1) is 39.0. The first-order valence-electron chi connectivity index (χ1n) is 24.2. The predicted octanol–water partition coefficient (Wildman–Crippen LogP) is 17.5. The summed E-state index contributed by atoms with van der Waals surface area (Å²) in [5, 5.41) is 42.3. The summed E-state index contributed by atoms with van der Waals surface area (Å²) >= 11 is 0.669. The molecule has 402 valence electrons. The van der Waals surface area contributed by atoms with Gasteiger partial charge in [0.2, 0.25) is 5.41 Å². The van der Waals surface area contributed by atoms with Gasteiger partial charge in [0, 0.05) is 21.6 Å². The fourth-order valence-electron chi connectivity index (χ4n) is 9.03. The summed E-state index contributed by atoms with van der Waals surface area (Å²) in [6.07, 6.45) is -11.9. The highest BCUT2D eigenvalue weighted by molar-refractivity contribution is 7.94. The van der Waals surface area contributed by atoms with E-state index in [1.165, 1.54) is 36.4 Å². The number of nitrogens with zero attached hydrogens (tertiary/aromatic N) is 3. The maximum atomic E-state index is 15.3. The molecule has 81 heavy (non-hydrogen) atoms. The molecule has 0 fully saturated rings. The van der Waals surface area contributed by atoms with E-state index in [1.54, 1.807) is 97.9 Å². The van der Waals surface area contributed by atoms with Crippen LogP contribution in [0.4, 0.5) is 26.3 Å². The third kappa shape index (κ3) is 11.7. The van der Waals surface area contributed by atoms with E-state index in [4.69, 9.17) is 24.2 Å². The SMILES string of the molecule is Cc1ccc(-c2cccc(Oc3ccc(C(c4ccc(Oc5cccc(Oc6ccc(-c7ccc(Oc8cccc(C)c8C#N)cc7)cc6)c5C#N)cc4)(C(F)(F)F)C(F)(F)F)cc3)c2C#N)cc1C(=O)c1cccc(SOOO)c1. The lowest BCUT2D eigenvalue weighted by atomic mass is 9.73. The lowest BCUT2D eigenvalue weighted by Gasteiger charge is -2.38. The van der Waals surface area contributed by atoms with Crippen molar-refractivity contribution in [1.82, 2.24) is 0 Å². The highest BCUT2D eigenvalue weighted by atomic mass is 32.2. The molecule has 0 amide bonds. The molecule has 0 aliphatic heterocycles. The Labute approximate surface area is 463 Å². The van der Waals surface area contributed by atoms with Crippen molar-refractivity contribution in [2.24, 2.45) is 0 Å². The van der Waals surface area contributed by atoms with Gasteiger partial charge in [0.15, 0.2) is 5.78 Å². The number of carbonyl (C=O) groups is 1. The topological polar surface area (TPSA) is 164 Å². The normalized spacial score (nSPS) is 11.4. The summed E-state index contributed by atoms with van der Waals surface area (Å²) < 4.78 is 120. The van der Waals surface area contributed by atoms with Crippen LogP contribution in [0.3, 0.4) is 0 Å². The van der Waals surface area contributed by atoms with Crippen LogP contribution in [-0.4, -0.2) is 23.4 Å². The molecule has 0 radical (unpaired) electrons. The van der Waals surface area contributed by atoms with E-state index in [2.05, 4.69) is 21.5 Å². The Morgan fingerprint density at radius 3 is 1.36 bits per heavy atom.